The fraction of sp³-hybridized carbons (Fsp3) is 0.471. The normalized spacial score (nSPS) is 17.8. The molecule has 1 aliphatic carbocycles. The van der Waals surface area contributed by atoms with Crippen molar-refractivity contribution in [2.24, 2.45) is 11.7 Å². The summed E-state index contributed by atoms with van der Waals surface area (Å²) >= 11 is 0. The first kappa shape index (κ1) is 14.1. The van der Waals surface area contributed by atoms with Gasteiger partial charge in [0.05, 0.1) is 11.1 Å². The van der Waals surface area contributed by atoms with Crippen LogP contribution < -0.4 is 11.1 Å². The summed E-state index contributed by atoms with van der Waals surface area (Å²) in [6.07, 6.45) is 8.03. The van der Waals surface area contributed by atoms with Gasteiger partial charge in [0, 0.05) is 24.2 Å². The van der Waals surface area contributed by atoms with Gasteiger partial charge in [-0.15, -0.1) is 0 Å². The number of fused-ring (bicyclic) bond motifs is 1. The quantitative estimate of drug-likeness (QED) is 0.808. The molecule has 0 saturated heterocycles. The Bertz CT molecular complexity index is 613. The lowest BCUT2D eigenvalue weighted by molar-refractivity contribution is 0.0917. The Morgan fingerprint density at radius 2 is 2.10 bits per heavy atom. The van der Waals surface area contributed by atoms with Crippen LogP contribution in [-0.4, -0.2) is 23.5 Å². The molecular formula is C17H23N3O. The van der Waals surface area contributed by atoms with Gasteiger partial charge in [0.15, 0.2) is 0 Å². The number of carbonyl (C=O) groups is 1. The fourth-order valence-electron chi connectivity index (χ4n) is 3.43. The van der Waals surface area contributed by atoms with Crippen molar-refractivity contribution in [1.82, 2.24) is 10.3 Å². The molecule has 1 aromatic carbocycles. The highest BCUT2D eigenvalue weighted by Gasteiger charge is 2.24. The standard InChI is InChI=1S/C17H23N3O/c18-11-15(12-5-2-1-3-6-12)20-17(21)14-8-4-7-13-9-10-19-16(13)14/h4,7-10,12,15,19H,1-3,5-6,11,18H2,(H,20,21). The highest BCUT2D eigenvalue weighted by Crippen LogP contribution is 2.26. The minimum Gasteiger partial charge on any atom is -0.361 e. The molecule has 0 aliphatic heterocycles. The summed E-state index contributed by atoms with van der Waals surface area (Å²) in [5, 5.41) is 4.21. The minimum atomic E-state index is -0.0240. The van der Waals surface area contributed by atoms with Gasteiger partial charge in [-0.05, 0) is 30.9 Å². The number of nitrogens with two attached hydrogens (primary N) is 1. The molecule has 0 radical (unpaired) electrons. The Balaban J connectivity index is 1.76. The molecule has 0 bridgehead atoms. The maximum Gasteiger partial charge on any atom is 0.253 e. The van der Waals surface area contributed by atoms with Crippen molar-refractivity contribution in [3.05, 3.63) is 36.0 Å². The Labute approximate surface area is 125 Å². The summed E-state index contributed by atoms with van der Waals surface area (Å²) in [6.45, 7) is 0.511. The van der Waals surface area contributed by atoms with Crippen molar-refractivity contribution in [2.75, 3.05) is 6.54 Å². The maximum atomic E-state index is 12.6. The molecule has 4 nitrogen and oxygen atoms in total. The van der Waals surface area contributed by atoms with Crippen molar-refractivity contribution >= 4 is 16.8 Å². The van der Waals surface area contributed by atoms with Crippen LogP contribution in [0, 0.1) is 5.92 Å². The molecule has 4 N–H and O–H groups in total. The first-order valence-electron chi connectivity index (χ1n) is 7.86. The summed E-state index contributed by atoms with van der Waals surface area (Å²) in [5.41, 5.74) is 7.50. The summed E-state index contributed by atoms with van der Waals surface area (Å²) in [4.78, 5) is 15.7. The molecule has 1 aromatic heterocycles. The number of hydrogen-bond donors (Lipinski definition) is 3. The van der Waals surface area contributed by atoms with Crippen LogP contribution in [0.15, 0.2) is 30.5 Å². The van der Waals surface area contributed by atoms with Crippen LogP contribution in [0.1, 0.15) is 42.5 Å². The summed E-state index contributed by atoms with van der Waals surface area (Å²) < 4.78 is 0. The fourth-order valence-corrected chi connectivity index (χ4v) is 3.43. The van der Waals surface area contributed by atoms with Crippen LogP contribution >= 0.6 is 0 Å². The third-order valence-electron chi connectivity index (χ3n) is 4.62. The highest BCUT2D eigenvalue weighted by atomic mass is 16.1. The van der Waals surface area contributed by atoms with E-state index in [2.05, 4.69) is 10.3 Å². The molecule has 1 atom stereocenters. The van der Waals surface area contributed by atoms with Crippen molar-refractivity contribution in [1.29, 1.82) is 0 Å². The minimum absolute atomic E-state index is 0.0240. The van der Waals surface area contributed by atoms with Gasteiger partial charge in [0.1, 0.15) is 0 Å². The third kappa shape index (κ3) is 2.95. The average Bonchev–Trinajstić information content (AvgIpc) is 3.01. The smallest absolute Gasteiger partial charge is 0.253 e. The van der Waals surface area contributed by atoms with Gasteiger partial charge in [-0.25, -0.2) is 0 Å². The van der Waals surface area contributed by atoms with Gasteiger partial charge >= 0.3 is 0 Å². The molecule has 0 spiro atoms. The lowest BCUT2D eigenvalue weighted by Crippen LogP contribution is -2.46. The number of hydrogen-bond acceptors (Lipinski definition) is 2. The number of benzene rings is 1. The van der Waals surface area contributed by atoms with E-state index in [0.29, 0.717) is 18.0 Å². The largest absolute Gasteiger partial charge is 0.361 e. The third-order valence-corrected chi connectivity index (χ3v) is 4.62. The predicted molar refractivity (Wildman–Crippen MR) is 85.2 cm³/mol. The van der Waals surface area contributed by atoms with Crippen LogP contribution in [0.5, 0.6) is 0 Å². The van der Waals surface area contributed by atoms with E-state index in [-0.39, 0.29) is 11.9 Å². The number of amides is 1. The number of H-pyrrole nitrogens is 1. The SMILES string of the molecule is NCC(NC(=O)c1cccc2cc[nH]c12)C1CCCCC1. The Kier molecular flexibility index (Phi) is 4.25. The van der Waals surface area contributed by atoms with Gasteiger partial charge in [-0.3, -0.25) is 4.79 Å². The van der Waals surface area contributed by atoms with Crippen molar-refractivity contribution in [2.45, 2.75) is 38.1 Å². The molecule has 1 heterocycles. The van der Waals surface area contributed by atoms with Crippen molar-refractivity contribution in [3.8, 4) is 0 Å². The van der Waals surface area contributed by atoms with E-state index in [9.17, 15) is 4.79 Å². The highest BCUT2D eigenvalue weighted by molar-refractivity contribution is 6.05. The van der Waals surface area contributed by atoms with Crippen LogP contribution in [0.2, 0.25) is 0 Å². The molecular weight excluding hydrogens is 262 g/mol. The number of nitrogens with one attached hydrogen (secondary N) is 2. The molecule has 112 valence electrons. The zero-order chi connectivity index (χ0) is 14.7. The second-order valence-corrected chi connectivity index (χ2v) is 5.96. The zero-order valence-electron chi connectivity index (χ0n) is 12.3. The van der Waals surface area contributed by atoms with Crippen molar-refractivity contribution in [3.63, 3.8) is 0 Å². The number of para-hydroxylation sites is 1. The van der Waals surface area contributed by atoms with E-state index in [0.717, 1.165) is 10.9 Å². The Hall–Kier alpha value is -1.81. The average molecular weight is 285 g/mol. The van der Waals surface area contributed by atoms with Crippen molar-refractivity contribution < 1.29 is 4.79 Å². The topological polar surface area (TPSA) is 70.9 Å². The predicted octanol–water partition coefficient (Wildman–Crippen LogP) is 2.81. The molecule has 21 heavy (non-hydrogen) atoms. The number of aromatic nitrogens is 1. The van der Waals surface area contributed by atoms with E-state index in [4.69, 9.17) is 5.73 Å². The van der Waals surface area contributed by atoms with E-state index in [1.54, 1.807) is 0 Å². The zero-order valence-corrected chi connectivity index (χ0v) is 12.3. The lowest BCUT2D eigenvalue weighted by atomic mass is 9.84. The van der Waals surface area contributed by atoms with Crippen LogP contribution in [0.3, 0.4) is 0 Å². The molecule has 1 fully saturated rings. The second kappa shape index (κ2) is 6.31. The Morgan fingerprint density at radius 1 is 1.29 bits per heavy atom. The van der Waals surface area contributed by atoms with Crippen LogP contribution in [0.4, 0.5) is 0 Å². The molecule has 1 saturated carbocycles. The van der Waals surface area contributed by atoms with Gasteiger partial charge in [0.25, 0.3) is 5.91 Å². The summed E-state index contributed by atoms with van der Waals surface area (Å²) in [6, 6.07) is 7.85. The molecule has 1 amide bonds. The van der Waals surface area contributed by atoms with Gasteiger partial charge in [-0.1, -0.05) is 31.4 Å². The first-order chi connectivity index (χ1) is 10.3. The van der Waals surface area contributed by atoms with E-state index < -0.39 is 0 Å². The number of carbonyl (C=O) groups excluding carboxylic acids is 1. The van der Waals surface area contributed by atoms with Crippen LogP contribution in [-0.2, 0) is 0 Å². The lowest BCUT2D eigenvalue weighted by Gasteiger charge is -2.30. The molecule has 2 aromatic rings. The van der Waals surface area contributed by atoms with Gasteiger partial charge in [-0.2, -0.15) is 0 Å². The van der Waals surface area contributed by atoms with Gasteiger partial charge < -0.3 is 16.0 Å². The Morgan fingerprint density at radius 3 is 2.86 bits per heavy atom. The van der Waals surface area contributed by atoms with E-state index in [1.807, 2.05) is 30.5 Å². The molecule has 4 heteroatoms. The summed E-state index contributed by atoms with van der Waals surface area (Å²) in [5.74, 6) is 0.500. The van der Waals surface area contributed by atoms with E-state index >= 15 is 0 Å². The van der Waals surface area contributed by atoms with Crippen LogP contribution in [0.25, 0.3) is 10.9 Å². The van der Waals surface area contributed by atoms with Gasteiger partial charge in [0.2, 0.25) is 0 Å². The second-order valence-electron chi connectivity index (χ2n) is 5.96. The maximum absolute atomic E-state index is 12.6. The molecule has 3 rings (SSSR count). The monoisotopic (exact) mass is 285 g/mol. The first-order valence-corrected chi connectivity index (χ1v) is 7.86. The number of rotatable bonds is 4. The van der Waals surface area contributed by atoms with E-state index in [1.165, 1.54) is 32.1 Å². The molecule has 1 unspecified atom stereocenters. The summed E-state index contributed by atoms with van der Waals surface area (Å²) in [7, 11) is 0. The number of aromatic amines is 1. The molecule has 1 aliphatic rings.